The van der Waals surface area contributed by atoms with Crippen LogP contribution >= 0.6 is 0 Å². The molecule has 3 nitrogen and oxygen atoms in total. The van der Waals surface area contributed by atoms with Crippen molar-refractivity contribution in [2.75, 3.05) is 0 Å². The van der Waals surface area contributed by atoms with Crippen molar-refractivity contribution >= 4 is 27.4 Å². The lowest BCUT2D eigenvalue weighted by atomic mass is 9.65. The second kappa shape index (κ2) is 10.5. The number of hydrogen-bond acceptors (Lipinski definition) is 3. The zero-order chi connectivity index (χ0) is 31.5. The molecule has 0 amide bonds. The van der Waals surface area contributed by atoms with Crippen molar-refractivity contribution < 1.29 is 4.74 Å². The Kier molecular flexibility index (Phi) is 6.09. The summed E-state index contributed by atoms with van der Waals surface area (Å²) >= 11 is 0. The topological polar surface area (TPSA) is 35.0 Å². The van der Waals surface area contributed by atoms with Crippen molar-refractivity contribution in [1.82, 2.24) is 9.97 Å². The average Bonchev–Trinajstić information content (AvgIpc) is 3.43. The largest absolute Gasteiger partial charge is 0.456 e. The first-order valence-corrected chi connectivity index (χ1v) is 16.0. The van der Waals surface area contributed by atoms with E-state index in [0.717, 1.165) is 66.8 Å². The Morgan fingerprint density at radius 1 is 0.660 bits per heavy atom. The fourth-order valence-electron chi connectivity index (χ4n) is 7.61. The molecule has 5 aromatic carbocycles. The molecule has 1 spiro atoms. The van der Waals surface area contributed by atoms with Crippen LogP contribution in [0.15, 0.2) is 170 Å². The summed E-state index contributed by atoms with van der Waals surface area (Å²) in [5.41, 5.74) is 12.3. The first-order chi connectivity index (χ1) is 23.2. The van der Waals surface area contributed by atoms with Gasteiger partial charge in [0.2, 0.25) is 0 Å². The first kappa shape index (κ1) is 27.3. The molecule has 2 aliphatic rings. The molecule has 47 heavy (non-hydrogen) atoms. The summed E-state index contributed by atoms with van der Waals surface area (Å²) < 4.78 is 6.84. The van der Waals surface area contributed by atoms with E-state index in [1.807, 2.05) is 18.3 Å². The lowest BCUT2D eigenvalue weighted by Gasteiger charge is -2.40. The lowest BCUT2D eigenvalue weighted by Crippen LogP contribution is -2.34. The van der Waals surface area contributed by atoms with E-state index in [1.165, 1.54) is 22.3 Å². The maximum Gasteiger partial charge on any atom is 0.139 e. The summed E-state index contributed by atoms with van der Waals surface area (Å²) in [7, 11) is 0. The molecule has 0 atom stereocenters. The smallest absolute Gasteiger partial charge is 0.139 e. The van der Waals surface area contributed by atoms with Crippen molar-refractivity contribution in [2.24, 2.45) is 0 Å². The van der Waals surface area contributed by atoms with Crippen LogP contribution in [0.3, 0.4) is 0 Å². The summed E-state index contributed by atoms with van der Waals surface area (Å²) in [6, 6.07) is 46.9. The van der Waals surface area contributed by atoms with Crippen molar-refractivity contribution in [2.45, 2.75) is 12.3 Å². The maximum atomic E-state index is 6.84. The molecular weight excluding hydrogens is 572 g/mol. The number of rotatable bonds is 4. The van der Waals surface area contributed by atoms with E-state index in [4.69, 9.17) is 9.72 Å². The molecule has 0 fully saturated rings. The normalized spacial score (nSPS) is 14.3. The molecule has 3 heteroatoms. The molecule has 7 aromatic rings. The third-order valence-corrected chi connectivity index (χ3v) is 9.67. The van der Waals surface area contributed by atoms with Gasteiger partial charge in [-0.05, 0) is 52.9 Å². The number of para-hydroxylation sites is 1. The molecule has 0 saturated carbocycles. The predicted molar refractivity (Wildman–Crippen MR) is 192 cm³/mol. The van der Waals surface area contributed by atoms with Crippen LogP contribution in [-0.4, -0.2) is 9.97 Å². The van der Waals surface area contributed by atoms with Gasteiger partial charge < -0.3 is 4.74 Å². The van der Waals surface area contributed by atoms with E-state index in [1.54, 1.807) is 0 Å². The number of fused-ring (bicyclic) bond motifs is 10. The average molecular weight is 603 g/mol. The van der Waals surface area contributed by atoms with Crippen LogP contribution in [0.4, 0.5) is 0 Å². The monoisotopic (exact) mass is 602 g/mol. The highest BCUT2D eigenvalue weighted by molar-refractivity contribution is 6.03. The third kappa shape index (κ3) is 3.93. The minimum atomic E-state index is -0.543. The number of allylic oxidation sites excluding steroid dienone is 4. The molecule has 0 radical (unpaired) electrons. The molecule has 0 bridgehead atoms. The van der Waals surface area contributed by atoms with E-state index in [9.17, 15) is 0 Å². The molecule has 1 aliphatic carbocycles. The van der Waals surface area contributed by atoms with Gasteiger partial charge in [0.25, 0.3) is 0 Å². The number of nitrogens with zero attached hydrogens (tertiary/aromatic N) is 2. The summed E-state index contributed by atoms with van der Waals surface area (Å²) in [5.74, 6) is 1.63. The Bertz CT molecular complexity index is 2420. The highest BCUT2D eigenvalue weighted by Crippen LogP contribution is 2.61. The Morgan fingerprint density at radius 3 is 2.02 bits per heavy atom. The summed E-state index contributed by atoms with van der Waals surface area (Å²) in [6.07, 6.45) is 6.14. The summed E-state index contributed by atoms with van der Waals surface area (Å²) in [4.78, 5) is 9.69. The molecule has 0 saturated heterocycles. The molecular formula is C44H30N2O. The minimum Gasteiger partial charge on any atom is -0.456 e. The Morgan fingerprint density at radius 2 is 1.30 bits per heavy atom. The van der Waals surface area contributed by atoms with Gasteiger partial charge in [0.15, 0.2) is 0 Å². The SMILES string of the molecule is C=C(C1=C(/C=C\C)C2(c3ccccc3O1)c1ccccc1-c1ccccc12)c1ccc(-c2ccc3ccc4cccnc4c3n2)cc1. The fourth-order valence-corrected chi connectivity index (χ4v) is 7.61. The van der Waals surface area contributed by atoms with E-state index < -0.39 is 5.41 Å². The van der Waals surface area contributed by atoms with Crippen molar-refractivity contribution in [3.63, 3.8) is 0 Å². The first-order valence-electron chi connectivity index (χ1n) is 16.0. The summed E-state index contributed by atoms with van der Waals surface area (Å²) in [6.45, 7) is 6.73. The minimum absolute atomic E-state index is 0.543. The van der Waals surface area contributed by atoms with E-state index in [0.29, 0.717) is 0 Å². The second-order valence-electron chi connectivity index (χ2n) is 12.1. The Labute approximate surface area is 273 Å². The Balaban J connectivity index is 1.19. The van der Waals surface area contributed by atoms with Crippen LogP contribution in [0.5, 0.6) is 5.75 Å². The van der Waals surface area contributed by atoms with Crippen molar-refractivity contribution in [3.8, 4) is 28.1 Å². The highest BCUT2D eigenvalue weighted by Gasteiger charge is 2.51. The summed E-state index contributed by atoms with van der Waals surface area (Å²) in [5, 5.41) is 2.16. The van der Waals surface area contributed by atoms with E-state index >= 15 is 0 Å². The number of benzene rings is 5. The molecule has 3 heterocycles. The quantitative estimate of drug-likeness (QED) is 0.188. The molecule has 2 aromatic heterocycles. The van der Waals surface area contributed by atoms with Crippen LogP contribution in [0.1, 0.15) is 29.2 Å². The van der Waals surface area contributed by atoms with Gasteiger partial charge in [0.05, 0.1) is 22.1 Å². The van der Waals surface area contributed by atoms with Gasteiger partial charge >= 0.3 is 0 Å². The van der Waals surface area contributed by atoms with Crippen molar-refractivity contribution in [1.29, 1.82) is 0 Å². The van der Waals surface area contributed by atoms with E-state index in [-0.39, 0.29) is 0 Å². The zero-order valence-electron chi connectivity index (χ0n) is 25.9. The molecule has 1 aliphatic heterocycles. The standard InChI is InChI=1S/C44H30N2O/c1-3-11-38-43(47-40-18-9-8-17-37(40)44(38)35-15-6-4-13-33(35)34-14-5-7-16-36(34)44)28(2)29-19-21-30(22-20-29)39-26-25-32-24-23-31-12-10-27-45-41(31)42(32)46-39/h3-27H,2H2,1H3/b11-3-. The van der Waals surface area contributed by atoms with Crippen LogP contribution in [0.25, 0.3) is 49.8 Å². The van der Waals surface area contributed by atoms with Crippen LogP contribution in [0.2, 0.25) is 0 Å². The van der Waals surface area contributed by atoms with Gasteiger partial charge in [0.1, 0.15) is 11.5 Å². The lowest BCUT2D eigenvalue weighted by molar-refractivity contribution is 0.407. The van der Waals surface area contributed by atoms with Crippen LogP contribution in [0, 0.1) is 0 Å². The van der Waals surface area contributed by atoms with Crippen molar-refractivity contribution in [3.05, 3.63) is 192 Å². The number of pyridine rings is 2. The Hall–Kier alpha value is -6.06. The van der Waals surface area contributed by atoms with Gasteiger partial charge in [-0.15, -0.1) is 0 Å². The predicted octanol–water partition coefficient (Wildman–Crippen LogP) is 10.7. The fraction of sp³-hybridized carbons (Fsp3) is 0.0455. The van der Waals surface area contributed by atoms with Gasteiger partial charge in [-0.3, -0.25) is 4.98 Å². The number of aromatic nitrogens is 2. The van der Waals surface area contributed by atoms with E-state index in [2.05, 4.69) is 152 Å². The van der Waals surface area contributed by atoms with Gasteiger partial charge in [-0.25, -0.2) is 4.98 Å². The molecule has 0 unspecified atom stereocenters. The molecule has 0 N–H and O–H groups in total. The molecule has 222 valence electrons. The molecule has 9 rings (SSSR count). The highest BCUT2D eigenvalue weighted by atomic mass is 16.5. The van der Waals surface area contributed by atoms with Crippen LogP contribution < -0.4 is 4.74 Å². The second-order valence-corrected chi connectivity index (χ2v) is 12.1. The van der Waals surface area contributed by atoms with Crippen LogP contribution in [-0.2, 0) is 5.41 Å². The van der Waals surface area contributed by atoms with Gasteiger partial charge in [-0.1, -0.05) is 134 Å². The maximum absolute atomic E-state index is 6.84. The number of ether oxygens (including phenoxy) is 1. The number of hydrogen-bond donors (Lipinski definition) is 0. The van der Waals surface area contributed by atoms with Gasteiger partial charge in [-0.2, -0.15) is 0 Å². The third-order valence-electron chi connectivity index (χ3n) is 9.67. The van der Waals surface area contributed by atoms with Gasteiger partial charge in [0, 0.05) is 39.2 Å². The zero-order valence-corrected chi connectivity index (χ0v) is 25.9.